The lowest BCUT2D eigenvalue weighted by Crippen LogP contribution is -2.26. The highest BCUT2D eigenvalue weighted by molar-refractivity contribution is 5.79. The first-order chi connectivity index (χ1) is 16.4. The maximum Gasteiger partial charge on any atom is 0.416 e. The van der Waals surface area contributed by atoms with Gasteiger partial charge >= 0.3 is 12.3 Å². The Balaban J connectivity index is 1.28. The summed E-state index contributed by atoms with van der Waals surface area (Å²) < 4.78 is 44.0. The minimum Gasteiger partial charge on any atom is -0.449 e. The molecule has 3 aromatic carbocycles. The van der Waals surface area contributed by atoms with Crippen molar-refractivity contribution < 1.29 is 22.7 Å². The molecule has 0 bridgehead atoms. The van der Waals surface area contributed by atoms with Crippen molar-refractivity contribution in [1.82, 2.24) is 5.32 Å². The molecule has 0 aromatic heterocycles. The molecule has 8 heteroatoms. The van der Waals surface area contributed by atoms with Crippen LogP contribution in [0.2, 0.25) is 0 Å². The zero-order valence-corrected chi connectivity index (χ0v) is 18.2. The summed E-state index contributed by atoms with van der Waals surface area (Å²) >= 11 is 0. The Morgan fingerprint density at radius 3 is 2.26 bits per heavy atom. The van der Waals surface area contributed by atoms with Crippen molar-refractivity contribution in [3.05, 3.63) is 95.1 Å². The molecular formula is C26H24F3N3O2. The van der Waals surface area contributed by atoms with Crippen molar-refractivity contribution in [2.45, 2.75) is 18.5 Å². The van der Waals surface area contributed by atoms with E-state index in [0.717, 1.165) is 34.4 Å². The average molecular weight is 467 g/mol. The number of rotatable bonds is 7. The van der Waals surface area contributed by atoms with E-state index >= 15 is 0 Å². The highest BCUT2D eigenvalue weighted by Crippen LogP contribution is 2.44. The molecule has 0 fully saturated rings. The van der Waals surface area contributed by atoms with Crippen LogP contribution in [0.5, 0.6) is 0 Å². The predicted octanol–water partition coefficient (Wildman–Crippen LogP) is 5.93. The van der Waals surface area contributed by atoms with Crippen LogP contribution in [0.15, 0.2) is 72.8 Å². The Kier molecular flexibility index (Phi) is 6.88. The van der Waals surface area contributed by atoms with Gasteiger partial charge in [0, 0.05) is 12.5 Å². The van der Waals surface area contributed by atoms with Gasteiger partial charge in [-0.1, -0.05) is 66.7 Å². The molecule has 4 N–H and O–H groups in total. The molecule has 1 amide bonds. The summed E-state index contributed by atoms with van der Waals surface area (Å²) in [6.45, 7) is 0.548. The van der Waals surface area contributed by atoms with Crippen LogP contribution in [-0.2, 0) is 10.9 Å². The number of fused-ring (bicyclic) bond motifs is 3. The van der Waals surface area contributed by atoms with E-state index in [4.69, 9.17) is 10.6 Å². The third kappa shape index (κ3) is 5.07. The number of carbonyl (C=O) groups excluding carboxylic acids is 1. The molecule has 1 aliphatic carbocycles. The maximum absolute atomic E-state index is 12.8. The smallest absolute Gasteiger partial charge is 0.416 e. The van der Waals surface area contributed by atoms with Gasteiger partial charge in [0.05, 0.1) is 11.3 Å². The number of carbonyl (C=O) groups is 1. The van der Waals surface area contributed by atoms with Gasteiger partial charge in [-0.3, -0.25) is 5.84 Å². The number of amides is 1. The number of alkyl carbamates (subject to hydrolysis) is 1. The van der Waals surface area contributed by atoms with Gasteiger partial charge in [0.1, 0.15) is 6.61 Å². The van der Waals surface area contributed by atoms with E-state index in [1.807, 2.05) is 24.3 Å². The van der Waals surface area contributed by atoms with Crippen molar-refractivity contribution in [3.63, 3.8) is 0 Å². The largest absolute Gasteiger partial charge is 0.449 e. The molecule has 0 heterocycles. The number of hydrazine groups is 1. The van der Waals surface area contributed by atoms with Crippen LogP contribution >= 0.6 is 0 Å². The molecule has 176 valence electrons. The molecular weight excluding hydrogens is 443 g/mol. The number of nitrogens with one attached hydrogen (secondary N) is 2. The van der Waals surface area contributed by atoms with Gasteiger partial charge in [-0.25, -0.2) is 4.79 Å². The molecule has 0 radical (unpaired) electrons. The number of benzene rings is 3. The van der Waals surface area contributed by atoms with Crippen LogP contribution in [0.1, 0.15) is 34.6 Å². The first-order valence-corrected chi connectivity index (χ1v) is 10.8. The lowest BCUT2D eigenvalue weighted by molar-refractivity contribution is -0.137. The third-order valence-corrected chi connectivity index (χ3v) is 5.76. The molecule has 4 rings (SSSR count). The van der Waals surface area contributed by atoms with Gasteiger partial charge in [-0.05, 0) is 46.4 Å². The second-order valence-corrected chi connectivity index (χ2v) is 7.89. The van der Waals surface area contributed by atoms with Gasteiger partial charge < -0.3 is 15.5 Å². The zero-order valence-electron chi connectivity index (χ0n) is 18.2. The van der Waals surface area contributed by atoms with E-state index in [9.17, 15) is 18.0 Å². The predicted molar refractivity (Wildman–Crippen MR) is 126 cm³/mol. The van der Waals surface area contributed by atoms with Gasteiger partial charge in [0.2, 0.25) is 0 Å². The van der Waals surface area contributed by atoms with Crippen LogP contribution < -0.4 is 16.6 Å². The third-order valence-electron chi connectivity index (χ3n) is 5.76. The number of nitrogen functional groups attached to an aromatic ring is 1. The maximum atomic E-state index is 12.8. The van der Waals surface area contributed by atoms with Gasteiger partial charge in [0.15, 0.2) is 0 Å². The standard InChI is InChI=1S/C26H24F3N3O2/c27-26(28,29)18-13-12-17(24(15-18)32-30)7-5-6-14-31-25(33)34-16-23-21-10-3-1-8-19(21)20-9-2-4-11-22(20)23/h1-5,7-13,15,23,32H,6,14,16,30H2,(H,31,33). The second kappa shape index (κ2) is 10.0. The highest BCUT2D eigenvalue weighted by Gasteiger charge is 2.31. The van der Waals surface area contributed by atoms with Crippen molar-refractivity contribution in [2.24, 2.45) is 5.84 Å². The molecule has 34 heavy (non-hydrogen) atoms. The number of ether oxygens (including phenoxy) is 1. The molecule has 5 nitrogen and oxygen atoms in total. The molecule has 0 aliphatic heterocycles. The highest BCUT2D eigenvalue weighted by atomic mass is 19.4. The van der Waals surface area contributed by atoms with Crippen molar-refractivity contribution >= 4 is 17.9 Å². The quantitative estimate of drug-likeness (QED) is 0.229. The Labute approximate surface area is 195 Å². The number of hydrogen-bond donors (Lipinski definition) is 3. The second-order valence-electron chi connectivity index (χ2n) is 7.89. The normalized spacial score (nSPS) is 12.9. The molecule has 0 saturated carbocycles. The molecule has 0 saturated heterocycles. The van der Waals surface area contributed by atoms with E-state index in [1.165, 1.54) is 6.07 Å². The Morgan fingerprint density at radius 2 is 1.65 bits per heavy atom. The molecule has 0 spiro atoms. The summed E-state index contributed by atoms with van der Waals surface area (Å²) in [4.78, 5) is 12.2. The van der Waals surface area contributed by atoms with Crippen molar-refractivity contribution in [3.8, 4) is 11.1 Å². The number of hydrogen-bond acceptors (Lipinski definition) is 4. The van der Waals surface area contributed by atoms with Crippen LogP contribution in [0.3, 0.4) is 0 Å². The number of alkyl halides is 3. The van der Waals surface area contributed by atoms with Crippen LogP contribution in [0.25, 0.3) is 17.2 Å². The van der Waals surface area contributed by atoms with E-state index < -0.39 is 17.8 Å². The number of halogens is 3. The van der Waals surface area contributed by atoms with E-state index in [1.54, 1.807) is 12.2 Å². The van der Waals surface area contributed by atoms with E-state index in [0.29, 0.717) is 18.5 Å². The molecule has 0 atom stereocenters. The van der Waals surface area contributed by atoms with Gasteiger partial charge in [0.25, 0.3) is 0 Å². The summed E-state index contributed by atoms with van der Waals surface area (Å²) in [5.41, 5.74) is 6.77. The van der Waals surface area contributed by atoms with Gasteiger partial charge in [-0.2, -0.15) is 13.2 Å². The summed E-state index contributed by atoms with van der Waals surface area (Å²) in [7, 11) is 0. The Hall–Kier alpha value is -3.78. The minimum absolute atomic E-state index is 0.0140. The average Bonchev–Trinajstić information content (AvgIpc) is 3.15. The molecule has 3 aromatic rings. The van der Waals surface area contributed by atoms with Gasteiger partial charge in [-0.15, -0.1) is 0 Å². The fourth-order valence-corrected chi connectivity index (χ4v) is 4.12. The van der Waals surface area contributed by atoms with Crippen LogP contribution in [0.4, 0.5) is 23.7 Å². The van der Waals surface area contributed by atoms with Crippen molar-refractivity contribution in [1.29, 1.82) is 0 Å². The summed E-state index contributed by atoms with van der Waals surface area (Å²) in [6, 6.07) is 19.5. The van der Waals surface area contributed by atoms with Crippen molar-refractivity contribution in [2.75, 3.05) is 18.6 Å². The topological polar surface area (TPSA) is 76.4 Å². The fraction of sp³-hybridized carbons (Fsp3) is 0.192. The fourth-order valence-electron chi connectivity index (χ4n) is 4.12. The van der Waals surface area contributed by atoms with Crippen LogP contribution in [0, 0.1) is 0 Å². The zero-order chi connectivity index (χ0) is 24.1. The molecule has 1 aliphatic rings. The lowest BCUT2D eigenvalue weighted by atomic mass is 9.98. The summed E-state index contributed by atoms with van der Waals surface area (Å²) in [5.74, 6) is 5.34. The number of nitrogens with two attached hydrogens (primary N) is 1. The number of anilines is 1. The van der Waals surface area contributed by atoms with Crippen LogP contribution in [-0.4, -0.2) is 19.2 Å². The first-order valence-electron chi connectivity index (χ1n) is 10.8. The monoisotopic (exact) mass is 467 g/mol. The first kappa shape index (κ1) is 23.4. The summed E-state index contributed by atoms with van der Waals surface area (Å²) in [5, 5.41) is 2.70. The van der Waals surface area contributed by atoms with E-state index in [-0.39, 0.29) is 18.2 Å². The van der Waals surface area contributed by atoms with E-state index in [2.05, 4.69) is 35.0 Å². The minimum atomic E-state index is -4.44. The Bertz CT molecular complexity index is 1160. The lowest BCUT2D eigenvalue weighted by Gasteiger charge is -2.14. The summed E-state index contributed by atoms with van der Waals surface area (Å²) in [6.07, 6.45) is -1.10. The Morgan fingerprint density at radius 1 is 1.00 bits per heavy atom. The molecule has 0 unspecified atom stereocenters. The SMILES string of the molecule is NNc1cc(C(F)(F)F)ccc1C=CCCNC(=O)OCC1c2ccccc2-c2ccccc21.